The molecule has 1 aliphatic rings. The molecular formula is C18H31N3O2. The van der Waals surface area contributed by atoms with Crippen LogP contribution in [0.3, 0.4) is 0 Å². The van der Waals surface area contributed by atoms with E-state index in [-0.39, 0.29) is 6.04 Å². The molecule has 0 saturated carbocycles. The summed E-state index contributed by atoms with van der Waals surface area (Å²) in [5.74, 6) is 1.60. The van der Waals surface area contributed by atoms with Crippen LogP contribution in [0.25, 0.3) is 0 Å². The number of rotatable bonds is 8. The van der Waals surface area contributed by atoms with E-state index in [4.69, 9.17) is 15.2 Å². The van der Waals surface area contributed by atoms with Crippen molar-refractivity contribution in [1.29, 1.82) is 0 Å². The fraction of sp³-hybridized carbons (Fsp3) is 0.667. The van der Waals surface area contributed by atoms with Gasteiger partial charge < -0.3 is 20.1 Å². The number of nitrogens with zero attached hydrogens (tertiary/aromatic N) is 2. The van der Waals surface area contributed by atoms with E-state index in [1.54, 1.807) is 7.11 Å². The Kier molecular flexibility index (Phi) is 7.15. The SMILES string of the molecule is CCCOc1ccc(C(CN)N2CCN(CC)CC2)cc1OC. The summed E-state index contributed by atoms with van der Waals surface area (Å²) in [5.41, 5.74) is 7.29. The first-order valence-electron chi connectivity index (χ1n) is 8.70. The van der Waals surface area contributed by atoms with Gasteiger partial charge in [0.1, 0.15) is 0 Å². The highest BCUT2D eigenvalue weighted by molar-refractivity contribution is 5.44. The Morgan fingerprint density at radius 2 is 1.87 bits per heavy atom. The van der Waals surface area contributed by atoms with Gasteiger partial charge in [0.2, 0.25) is 0 Å². The van der Waals surface area contributed by atoms with Gasteiger partial charge in [-0.25, -0.2) is 0 Å². The van der Waals surface area contributed by atoms with Crippen LogP contribution in [0, 0.1) is 0 Å². The van der Waals surface area contributed by atoms with E-state index < -0.39 is 0 Å². The minimum atomic E-state index is 0.239. The van der Waals surface area contributed by atoms with Crippen LogP contribution >= 0.6 is 0 Å². The zero-order chi connectivity index (χ0) is 16.7. The summed E-state index contributed by atoms with van der Waals surface area (Å²) in [6.07, 6.45) is 0.984. The number of hydrogen-bond acceptors (Lipinski definition) is 5. The highest BCUT2D eigenvalue weighted by Gasteiger charge is 2.24. The molecule has 0 bridgehead atoms. The third kappa shape index (κ3) is 4.59. The van der Waals surface area contributed by atoms with Crippen LogP contribution in [0.1, 0.15) is 31.9 Å². The lowest BCUT2D eigenvalue weighted by atomic mass is 10.0. The first-order chi connectivity index (χ1) is 11.2. The van der Waals surface area contributed by atoms with Crippen molar-refractivity contribution in [3.05, 3.63) is 23.8 Å². The first-order valence-corrected chi connectivity index (χ1v) is 8.70. The van der Waals surface area contributed by atoms with Gasteiger partial charge in [-0.1, -0.05) is 19.9 Å². The molecule has 0 aliphatic carbocycles. The molecule has 0 radical (unpaired) electrons. The fourth-order valence-electron chi connectivity index (χ4n) is 3.11. The molecular weight excluding hydrogens is 290 g/mol. The van der Waals surface area contributed by atoms with Crippen molar-refractivity contribution in [3.8, 4) is 11.5 Å². The monoisotopic (exact) mass is 321 g/mol. The minimum Gasteiger partial charge on any atom is -0.493 e. The molecule has 1 heterocycles. The molecule has 5 nitrogen and oxygen atoms in total. The number of piperazine rings is 1. The van der Waals surface area contributed by atoms with Gasteiger partial charge in [-0.3, -0.25) is 4.90 Å². The van der Waals surface area contributed by atoms with Crippen molar-refractivity contribution in [2.24, 2.45) is 5.73 Å². The highest BCUT2D eigenvalue weighted by atomic mass is 16.5. The van der Waals surface area contributed by atoms with Crippen molar-refractivity contribution in [3.63, 3.8) is 0 Å². The Balaban J connectivity index is 2.11. The van der Waals surface area contributed by atoms with Crippen LogP contribution in [-0.4, -0.2) is 62.8 Å². The van der Waals surface area contributed by atoms with Gasteiger partial charge in [-0.05, 0) is 30.7 Å². The van der Waals surface area contributed by atoms with E-state index in [1.807, 2.05) is 6.07 Å². The van der Waals surface area contributed by atoms with Gasteiger partial charge in [-0.2, -0.15) is 0 Å². The number of ether oxygens (including phenoxy) is 2. The quantitative estimate of drug-likeness (QED) is 0.795. The second kappa shape index (κ2) is 9.11. The molecule has 2 rings (SSSR count). The van der Waals surface area contributed by atoms with Gasteiger partial charge in [0.25, 0.3) is 0 Å². The Bertz CT molecular complexity index is 473. The third-order valence-corrected chi connectivity index (χ3v) is 4.55. The zero-order valence-corrected chi connectivity index (χ0v) is 14.8. The topological polar surface area (TPSA) is 51.0 Å². The summed E-state index contributed by atoms with van der Waals surface area (Å²) in [4.78, 5) is 4.96. The number of methoxy groups -OCH3 is 1. The largest absolute Gasteiger partial charge is 0.493 e. The smallest absolute Gasteiger partial charge is 0.161 e. The van der Waals surface area contributed by atoms with Crippen LogP contribution in [0.2, 0.25) is 0 Å². The average molecular weight is 321 g/mol. The summed E-state index contributed by atoms with van der Waals surface area (Å²) in [7, 11) is 1.69. The summed E-state index contributed by atoms with van der Waals surface area (Å²) < 4.78 is 11.3. The van der Waals surface area contributed by atoms with Crippen molar-refractivity contribution in [1.82, 2.24) is 9.80 Å². The molecule has 1 saturated heterocycles. The average Bonchev–Trinajstić information content (AvgIpc) is 2.61. The van der Waals surface area contributed by atoms with Gasteiger partial charge in [0.15, 0.2) is 11.5 Å². The lowest BCUT2D eigenvalue weighted by Crippen LogP contribution is -2.48. The van der Waals surface area contributed by atoms with E-state index >= 15 is 0 Å². The minimum absolute atomic E-state index is 0.239. The lowest BCUT2D eigenvalue weighted by molar-refractivity contribution is 0.102. The number of hydrogen-bond donors (Lipinski definition) is 1. The van der Waals surface area contributed by atoms with Crippen molar-refractivity contribution in [2.75, 3.05) is 53.0 Å². The molecule has 1 aromatic carbocycles. The Hall–Kier alpha value is -1.30. The van der Waals surface area contributed by atoms with Crippen molar-refractivity contribution >= 4 is 0 Å². The van der Waals surface area contributed by atoms with Crippen LogP contribution in [0.5, 0.6) is 11.5 Å². The Morgan fingerprint density at radius 3 is 2.43 bits per heavy atom. The second-order valence-corrected chi connectivity index (χ2v) is 5.98. The van der Waals surface area contributed by atoms with Crippen LogP contribution in [0.15, 0.2) is 18.2 Å². The van der Waals surface area contributed by atoms with Crippen molar-refractivity contribution < 1.29 is 9.47 Å². The van der Waals surface area contributed by atoms with Gasteiger partial charge in [0, 0.05) is 38.8 Å². The standard InChI is InChI=1S/C18H31N3O2/c1-4-12-23-17-7-6-15(13-18(17)22-3)16(14-19)21-10-8-20(5-2)9-11-21/h6-7,13,16H,4-5,8-12,14,19H2,1-3H3. The maximum atomic E-state index is 6.09. The van der Waals surface area contributed by atoms with Gasteiger partial charge in [0.05, 0.1) is 13.7 Å². The zero-order valence-electron chi connectivity index (χ0n) is 14.8. The normalized spacial score (nSPS) is 17.9. The molecule has 23 heavy (non-hydrogen) atoms. The predicted molar refractivity (Wildman–Crippen MR) is 94.3 cm³/mol. The Labute approximate surface area is 140 Å². The second-order valence-electron chi connectivity index (χ2n) is 5.98. The maximum absolute atomic E-state index is 6.09. The summed E-state index contributed by atoms with van der Waals surface area (Å²) >= 11 is 0. The van der Waals surface area contributed by atoms with Crippen molar-refractivity contribution in [2.45, 2.75) is 26.3 Å². The summed E-state index contributed by atoms with van der Waals surface area (Å²) in [5, 5.41) is 0. The molecule has 0 aromatic heterocycles. The first kappa shape index (κ1) is 18.0. The highest BCUT2D eigenvalue weighted by Crippen LogP contribution is 2.32. The summed E-state index contributed by atoms with van der Waals surface area (Å²) in [6, 6.07) is 6.45. The molecule has 0 spiro atoms. The van der Waals surface area contributed by atoms with E-state index in [9.17, 15) is 0 Å². The van der Waals surface area contributed by atoms with E-state index in [0.29, 0.717) is 13.2 Å². The molecule has 1 atom stereocenters. The fourth-order valence-corrected chi connectivity index (χ4v) is 3.11. The number of benzene rings is 1. The van der Waals surface area contributed by atoms with Crippen LogP contribution < -0.4 is 15.2 Å². The molecule has 130 valence electrons. The molecule has 0 amide bonds. The van der Waals surface area contributed by atoms with Gasteiger partial charge in [-0.15, -0.1) is 0 Å². The number of nitrogens with two attached hydrogens (primary N) is 1. The third-order valence-electron chi connectivity index (χ3n) is 4.55. The lowest BCUT2D eigenvalue weighted by Gasteiger charge is -2.38. The Morgan fingerprint density at radius 1 is 1.13 bits per heavy atom. The molecule has 1 unspecified atom stereocenters. The molecule has 1 aliphatic heterocycles. The van der Waals surface area contributed by atoms with E-state index in [1.165, 1.54) is 5.56 Å². The predicted octanol–water partition coefficient (Wildman–Crippen LogP) is 2.12. The van der Waals surface area contributed by atoms with E-state index in [2.05, 4.69) is 35.8 Å². The molecule has 5 heteroatoms. The maximum Gasteiger partial charge on any atom is 0.161 e. The van der Waals surface area contributed by atoms with E-state index in [0.717, 1.165) is 50.6 Å². The number of likely N-dealkylation sites (N-methyl/N-ethyl adjacent to an activating group) is 1. The molecule has 1 fully saturated rings. The summed E-state index contributed by atoms with van der Waals surface area (Å²) in [6.45, 7) is 11.1. The van der Waals surface area contributed by atoms with Crippen LogP contribution in [0.4, 0.5) is 0 Å². The van der Waals surface area contributed by atoms with Gasteiger partial charge >= 0.3 is 0 Å². The molecule has 1 aromatic rings. The van der Waals surface area contributed by atoms with Crippen LogP contribution in [-0.2, 0) is 0 Å². The molecule has 2 N–H and O–H groups in total.